The summed E-state index contributed by atoms with van der Waals surface area (Å²) in [5.41, 5.74) is 0. The highest BCUT2D eigenvalue weighted by Crippen LogP contribution is 2.29. The predicted molar refractivity (Wildman–Crippen MR) is 66.3 cm³/mol. The number of hydrogen-bond donors (Lipinski definition) is 1. The van der Waals surface area contributed by atoms with E-state index >= 15 is 0 Å². The van der Waals surface area contributed by atoms with Gasteiger partial charge < -0.3 is 5.11 Å². The fraction of sp³-hybridized carbons (Fsp3) is 0.300. The molecule has 1 heterocycles. The molecule has 0 amide bonds. The predicted octanol–water partition coefficient (Wildman–Crippen LogP) is 1.70. The third-order valence-electron chi connectivity index (χ3n) is 2.67. The van der Waals surface area contributed by atoms with Crippen LogP contribution in [0.2, 0.25) is 10.0 Å². The molecule has 1 aromatic carbocycles. The van der Waals surface area contributed by atoms with Gasteiger partial charge in [-0.3, -0.25) is 4.79 Å². The number of nitrogens with zero attached hydrogens (tertiary/aromatic N) is 1. The van der Waals surface area contributed by atoms with Gasteiger partial charge in [0.05, 0.1) is 10.8 Å². The monoisotopic (exact) mass is 309 g/mol. The molecule has 1 aliphatic heterocycles. The van der Waals surface area contributed by atoms with Crippen LogP contribution >= 0.6 is 23.2 Å². The average molecular weight is 310 g/mol. The second-order valence-corrected chi connectivity index (χ2v) is 6.77. The second kappa shape index (κ2) is 4.70. The van der Waals surface area contributed by atoms with Gasteiger partial charge in [-0.2, -0.15) is 4.31 Å². The molecule has 18 heavy (non-hydrogen) atoms. The number of sulfonamides is 1. The molecule has 1 aliphatic rings. The number of benzene rings is 1. The molecule has 0 spiro atoms. The molecule has 0 radical (unpaired) electrons. The normalized spacial score (nSPS) is 17.4. The number of carboxylic acid groups (broad SMARTS) is 1. The van der Waals surface area contributed by atoms with Gasteiger partial charge >= 0.3 is 5.97 Å². The summed E-state index contributed by atoms with van der Waals surface area (Å²) in [4.78, 5) is 10.6. The van der Waals surface area contributed by atoms with E-state index in [2.05, 4.69) is 0 Å². The van der Waals surface area contributed by atoms with Gasteiger partial charge in [-0.25, -0.2) is 8.42 Å². The Hall–Kier alpha value is -0.820. The molecule has 5 nitrogen and oxygen atoms in total. The lowest BCUT2D eigenvalue weighted by molar-refractivity contribution is -0.145. The van der Waals surface area contributed by atoms with E-state index in [1.54, 1.807) is 0 Å². The van der Waals surface area contributed by atoms with Crippen LogP contribution in [0.5, 0.6) is 0 Å². The van der Waals surface area contributed by atoms with Crippen molar-refractivity contribution < 1.29 is 18.3 Å². The quantitative estimate of drug-likeness (QED) is 0.922. The fourth-order valence-corrected chi connectivity index (χ4v) is 3.87. The van der Waals surface area contributed by atoms with Gasteiger partial charge in [-0.05, 0) is 18.2 Å². The van der Waals surface area contributed by atoms with Crippen molar-refractivity contribution in [3.05, 3.63) is 28.2 Å². The molecule has 1 saturated heterocycles. The minimum Gasteiger partial charge on any atom is -0.481 e. The average Bonchev–Trinajstić information content (AvgIpc) is 2.11. The lowest BCUT2D eigenvalue weighted by atomic mass is 10.0. The lowest BCUT2D eigenvalue weighted by Gasteiger charge is -2.35. The molecule has 0 aromatic heterocycles. The standard InChI is InChI=1S/C10H9Cl2NO4S/c11-7-1-8(12)3-9(2-7)18(16,17)13-4-6(5-13)10(14)15/h1-3,6H,4-5H2,(H,14,15). The van der Waals surface area contributed by atoms with Crippen LogP contribution in [-0.2, 0) is 14.8 Å². The zero-order chi connectivity index (χ0) is 13.5. The summed E-state index contributed by atoms with van der Waals surface area (Å²) < 4.78 is 25.3. The Balaban J connectivity index is 2.25. The highest BCUT2D eigenvalue weighted by molar-refractivity contribution is 7.89. The van der Waals surface area contributed by atoms with E-state index in [4.69, 9.17) is 28.3 Å². The maximum Gasteiger partial charge on any atom is 0.309 e. The van der Waals surface area contributed by atoms with Crippen LogP contribution < -0.4 is 0 Å². The van der Waals surface area contributed by atoms with Crippen LogP contribution in [0.4, 0.5) is 0 Å². The minimum atomic E-state index is -3.71. The van der Waals surface area contributed by atoms with Crippen LogP contribution in [-0.4, -0.2) is 36.9 Å². The summed E-state index contributed by atoms with van der Waals surface area (Å²) >= 11 is 11.5. The number of carboxylic acids is 1. The van der Waals surface area contributed by atoms with Crippen LogP contribution in [0, 0.1) is 5.92 Å². The molecule has 0 saturated carbocycles. The molecular weight excluding hydrogens is 301 g/mol. The molecule has 1 fully saturated rings. The van der Waals surface area contributed by atoms with E-state index < -0.39 is 21.9 Å². The van der Waals surface area contributed by atoms with Crippen molar-refractivity contribution in [3.8, 4) is 0 Å². The van der Waals surface area contributed by atoms with Gasteiger partial charge in [-0.15, -0.1) is 0 Å². The maximum atomic E-state index is 12.1. The van der Waals surface area contributed by atoms with Crippen molar-refractivity contribution >= 4 is 39.2 Å². The summed E-state index contributed by atoms with van der Waals surface area (Å²) in [6.45, 7) is -0.0520. The minimum absolute atomic E-state index is 0.0242. The molecule has 1 aromatic rings. The molecule has 0 aliphatic carbocycles. The number of carbonyl (C=O) groups is 1. The largest absolute Gasteiger partial charge is 0.481 e. The Morgan fingerprint density at radius 2 is 1.72 bits per heavy atom. The third-order valence-corrected chi connectivity index (χ3v) is 4.92. The first-order valence-electron chi connectivity index (χ1n) is 5.00. The molecular formula is C10H9Cl2NO4S. The maximum absolute atomic E-state index is 12.1. The lowest BCUT2D eigenvalue weighted by Crippen LogP contribution is -2.52. The number of aliphatic carboxylic acids is 1. The highest BCUT2D eigenvalue weighted by Gasteiger charge is 2.40. The van der Waals surface area contributed by atoms with Crippen LogP contribution in [0.15, 0.2) is 23.1 Å². The Bertz CT molecular complexity index is 576. The Morgan fingerprint density at radius 1 is 1.22 bits per heavy atom. The Labute approximate surface area is 114 Å². The van der Waals surface area contributed by atoms with E-state index in [-0.39, 0.29) is 28.0 Å². The van der Waals surface area contributed by atoms with Gasteiger partial charge in [0, 0.05) is 23.1 Å². The summed E-state index contributed by atoms with van der Waals surface area (Å²) in [6, 6.07) is 4.01. The molecule has 8 heteroatoms. The summed E-state index contributed by atoms with van der Waals surface area (Å²) in [5, 5.41) is 9.15. The Morgan fingerprint density at radius 3 is 2.17 bits per heavy atom. The Kier molecular flexibility index (Phi) is 3.55. The van der Waals surface area contributed by atoms with E-state index in [1.807, 2.05) is 0 Å². The van der Waals surface area contributed by atoms with E-state index in [0.29, 0.717) is 0 Å². The van der Waals surface area contributed by atoms with Crippen molar-refractivity contribution in [3.63, 3.8) is 0 Å². The zero-order valence-electron chi connectivity index (χ0n) is 9.01. The first-order valence-corrected chi connectivity index (χ1v) is 7.19. The number of rotatable bonds is 3. The SMILES string of the molecule is O=C(O)C1CN(S(=O)(=O)c2cc(Cl)cc(Cl)c2)C1. The third kappa shape index (κ3) is 2.47. The number of halogens is 2. The first-order chi connectivity index (χ1) is 8.30. The molecule has 0 bridgehead atoms. The first kappa shape index (κ1) is 13.6. The van der Waals surface area contributed by atoms with Gasteiger partial charge in [0.1, 0.15) is 0 Å². The summed E-state index contributed by atoms with van der Waals surface area (Å²) in [7, 11) is -3.71. The van der Waals surface area contributed by atoms with Crippen molar-refractivity contribution in [1.82, 2.24) is 4.31 Å². The van der Waals surface area contributed by atoms with Gasteiger partial charge in [0.15, 0.2) is 0 Å². The number of hydrogen-bond acceptors (Lipinski definition) is 3. The van der Waals surface area contributed by atoms with Crippen molar-refractivity contribution in [2.75, 3.05) is 13.1 Å². The van der Waals surface area contributed by atoms with E-state index in [0.717, 1.165) is 4.31 Å². The van der Waals surface area contributed by atoms with E-state index in [9.17, 15) is 13.2 Å². The van der Waals surface area contributed by atoms with Crippen LogP contribution in [0.1, 0.15) is 0 Å². The van der Waals surface area contributed by atoms with Gasteiger partial charge in [0.25, 0.3) is 0 Å². The molecule has 2 rings (SSSR count). The molecule has 98 valence electrons. The van der Waals surface area contributed by atoms with Crippen molar-refractivity contribution in [1.29, 1.82) is 0 Å². The smallest absolute Gasteiger partial charge is 0.309 e. The van der Waals surface area contributed by atoms with Gasteiger partial charge in [0.2, 0.25) is 10.0 Å². The second-order valence-electron chi connectivity index (χ2n) is 3.96. The van der Waals surface area contributed by atoms with Gasteiger partial charge in [-0.1, -0.05) is 23.2 Å². The molecule has 1 N–H and O–H groups in total. The zero-order valence-corrected chi connectivity index (χ0v) is 11.3. The van der Waals surface area contributed by atoms with Crippen LogP contribution in [0.25, 0.3) is 0 Å². The molecule has 0 unspecified atom stereocenters. The fourth-order valence-electron chi connectivity index (χ4n) is 1.62. The van der Waals surface area contributed by atoms with Crippen molar-refractivity contribution in [2.24, 2.45) is 5.92 Å². The van der Waals surface area contributed by atoms with Crippen molar-refractivity contribution in [2.45, 2.75) is 4.90 Å². The highest BCUT2D eigenvalue weighted by atomic mass is 35.5. The molecule has 0 atom stereocenters. The summed E-state index contributed by atoms with van der Waals surface area (Å²) in [5.74, 6) is -1.64. The van der Waals surface area contributed by atoms with Crippen LogP contribution in [0.3, 0.4) is 0 Å². The topological polar surface area (TPSA) is 74.7 Å². The van der Waals surface area contributed by atoms with E-state index in [1.165, 1.54) is 18.2 Å². The summed E-state index contributed by atoms with van der Waals surface area (Å²) in [6.07, 6.45) is 0.